The van der Waals surface area contributed by atoms with Gasteiger partial charge in [0.05, 0.1) is 11.3 Å². The number of halogens is 2. The van der Waals surface area contributed by atoms with Crippen LogP contribution < -0.4 is 4.72 Å². The van der Waals surface area contributed by atoms with E-state index in [0.717, 1.165) is 0 Å². The number of carboxylic acid groups (broad SMARTS) is 1. The lowest BCUT2D eigenvalue weighted by molar-refractivity contribution is 0.0698. The van der Waals surface area contributed by atoms with Gasteiger partial charge in [-0.05, 0) is 56.1 Å². The highest BCUT2D eigenvalue weighted by atomic mass is 79.9. The van der Waals surface area contributed by atoms with Gasteiger partial charge in [0.1, 0.15) is 4.90 Å². The molecule has 0 atom stereocenters. The second-order valence-corrected chi connectivity index (χ2v) is 7.36. The summed E-state index contributed by atoms with van der Waals surface area (Å²) in [6, 6.07) is 10.7. The number of hydrogen-bond donors (Lipinski definition) is 2. The summed E-state index contributed by atoms with van der Waals surface area (Å²) in [4.78, 5) is 11.2. The summed E-state index contributed by atoms with van der Waals surface area (Å²) in [5.74, 6) is -1.22. The minimum Gasteiger partial charge on any atom is -0.478 e. The fraction of sp³-hybridized carbons (Fsp3) is 0. The maximum Gasteiger partial charge on any atom is 0.337 e. The lowest BCUT2D eigenvalue weighted by Crippen LogP contribution is -2.16. The van der Waals surface area contributed by atoms with Gasteiger partial charge in [-0.1, -0.05) is 18.2 Å². The number of nitrogens with one attached hydrogen (secondary N) is 1. The molecule has 0 amide bonds. The second-order valence-electron chi connectivity index (χ2n) is 4.00. The van der Waals surface area contributed by atoms with Crippen LogP contribution in [0.25, 0.3) is 0 Å². The summed E-state index contributed by atoms with van der Waals surface area (Å²) < 4.78 is 27.8. The van der Waals surface area contributed by atoms with E-state index in [1.807, 2.05) is 0 Å². The van der Waals surface area contributed by atoms with Crippen LogP contribution >= 0.6 is 31.9 Å². The molecule has 0 saturated heterocycles. The summed E-state index contributed by atoms with van der Waals surface area (Å²) in [5, 5.41) is 9.15. The molecule has 2 aromatic rings. The van der Waals surface area contributed by atoms with Crippen LogP contribution in [0.2, 0.25) is 0 Å². The molecule has 2 rings (SSSR count). The van der Waals surface area contributed by atoms with Crippen molar-refractivity contribution in [1.82, 2.24) is 0 Å². The van der Waals surface area contributed by atoms with Crippen LogP contribution in [0.1, 0.15) is 10.4 Å². The predicted octanol–water partition coefficient (Wildman–Crippen LogP) is 3.71. The van der Waals surface area contributed by atoms with E-state index in [1.54, 1.807) is 24.3 Å². The Labute approximate surface area is 138 Å². The van der Waals surface area contributed by atoms with Crippen LogP contribution in [0.15, 0.2) is 56.3 Å². The molecule has 2 aromatic carbocycles. The number of carboxylic acids is 1. The lowest BCUT2D eigenvalue weighted by Gasteiger charge is -2.13. The molecule has 5 nitrogen and oxygen atoms in total. The van der Waals surface area contributed by atoms with Crippen LogP contribution in [0.4, 0.5) is 5.69 Å². The lowest BCUT2D eigenvalue weighted by atomic mass is 10.2. The highest BCUT2D eigenvalue weighted by molar-refractivity contribution is 9.11. The first kappa shape index (κ1) is 16.0. The minimum absolute atomic E-state index is 0.0132. The zero-order valence-corrected chi connectivity index (χ0v) is 14.4. The fourth-order valence-corrected chi connectivity index (χ4v) is 4.36. The van der Waals surface area contributed by atoms with Gasteiger partial charge in [0.2, 0.25) is 0 Å². The van der Waals surface area contributed by atoms with Crippen molar-refractivity contribution in [2.75, 3.05) is 4.72 Å². The number of hydrogen-bond acceptors (Lipinski definition) is 3. The maximum atomic E-state index is 12.4. The van der Waals surface area contributed by atoms with Crippen LogP contribution in [0.3, 0.4) is 0 Å². The maximum absolute atomic E-state index is 12.4. The molecule has 0 aliphatic rings. The van der Waals surface area contributed by atoms with Crippen molar-refractivity contribution >= 4 is 53.5 Å². The molecule has 8 heteroatoms. The molecule has 2 N–H and O–H groups in total. The highest BCUT2D eigenvalue weighted by Gasteiger charge is 2.22. The minimum atomic E-state index is -3.91. The van der Waals surface area contributed by atoms with Gasteiger partial charge in [0.15, 0.2) is 0 Å². The van der Waals surface area contributed by atoms with E-state index < -0.39 is 16.0 Å². The Morgan fingerprint density at radius 1 is 1.00 bits per heavy atom. The first-order valence-electron chi connectivity index (χ1n) is 5.62. The first-order chi connectivity index (χ1) is 9.83. The van der Waals surface area contributed by atoms with Gasteiger partial charge in [0.25, 0.3) is 10.0 Å². The third-order valence-corrected chi connectivity index (χ3v) is 5.63. The van der Waals surface area contributed by atoms with Crippen LogP contribution in [0.5, 0.6) is 0 Å². The van der Waals surface area contributed by atoms with Crippen molar-refractivity contribution in [3.8, 4) is 0 Å². The standard InChI is InChI=1S/C13H9Br2NO4S/c14-9-5-1-2-7-11(9)21(19,20)16-12-8(13(17)18)4-3-6-10(12)15/h1-7,16H,(H,17,18). The smallest absolute Gasteiger partial charge is 0.337 e. The number of para-hydroxylation sites is 1. The Hall–Kier alpha value is -1.38. The Balaban J connectivity index is 2.52. The normalized spacial score (nSPS) is 11.1. The molecule has 0 aliphatic heterocycles. The van der Waals surface area contributed by atoms with Gasteiger partial charge in [-0.2, -0.15) is 0 Å². The van der Waals surface area contributed by atoms with Gasteiger partial charge in [-0.3, -0.25) is 4.72 Å². The van der Waals surface area contributed by atoms with Crippen molar-refractivity contribution < 1.29 is 18.3 Å². The Morgan fingerprint density at radius 3 is 2.24 bits per heavy atom. The topological polar surface area (TPSA) is 83.5 Å². The van der Waals surface area contributed by atoms with E-state index in [1.165, 1.54) is 18.2 Å². The number of rotatable bonds is 4. The average Bonchev–Trinajstić information content (AvgIpc) is 2.41. The molecule has 0 aromatic heterocycles. The Kier molecular flexibility index (Phi) is 4.70. The van der Waals surface area contributed by atoms with Crippen LogP contribution in [0, 0.1) is 0 Å². The first-order valence-corrected chi connectivity index (χ1v) is 8.69. The van der Waals surface area contributed by atoms with Gasteiger partial charge < -0.3 is 5.11 Å². The number of sulfonamides is 1. The third kappa shape index (κ3) is 3.45. The highest BCUT2D eigenvalue weighted by Crippen LogP contribution is 2.30. The Morgan fingerprint density at radius 2 is 1.62 bits per heavy atom. The average molecular weight is 435 g/mol. The molecule has 21 heavy (non-hydrogen) atoms. The summed E-state index contributed by atoms with van der Waals surface area (Å²) in [7, 11) is -3.91. The zero-order chi connectivity index (χ0) is 15.6. The number of benzene rings is 2. The molecule has 0 aliphatic carbocycles. The summed E-state index contributed by atoms with van der Waals surface area (Å²) >= 11 is 6.32. The van der Waals surface area contributed by atoms with E-state index in [9.17, 15) is 13.2 Å². The monoisotopic (exact) mass is 433 g/mol. The molecule has 0 fully saturated rings. The molecule has 110 valence electrons. The number of aromatic carboxylic acids is 1. The largest absolute Gasteiger partial charge is 0.478 e. The van der Waals surface area contributed by atoms with Crippen molar-refractivity contribution in [2.24, 2.45) is 0 Å². The quantitative estimate of drug-likeness (QED) is 0.768. The van der Waals surface area contributed by atoms with E-state index >= 15 is 0 Å². The number of anilines is 1. The van der Waals surface area contributed by atoms with Gasteiger partial charge >= 0.3 is 5.97 Å². The molecular formula is C13H9Br2NO4S. The summed E-state index contributed by atoms with van der Waals surface area (Å²) in [6.45, 7) is 0. The van der Waals surface area contributed by atoms with Crippen molar-refractivity contribution in [3.05, 3.63) is 57.0 Å². The summed E-state index contributed by atoms with van der Waals surface area (Å²) in [5.41, 5.74) is -0.152. The van der Waals surface area contributed by atoms with E-state index in [4.69, 9.17) is 5.11 Å². The van der Waals surface area contributed by atoms with Crippen molar-refractivity contribution in [3.63, 3.8) is 0 Å². The summed E-state index contributed by atoms with van der Waals surface area (Å²) in [6.07, 6.45) is 0. The van der Waals surface area contributed by atoms with E-state index in [0.29, 0.717) is 8.95 Å². The molecule has 0 heterocycles. The molecule has 0 unspecified atom stereocenters. The SMILES string of the molecule is O=C(O)c1cccc(Br)c1NS(=O)(=O)c1ccccc1Br. The number of carbonyl (C=O) groups is 1. The van der Waals surface area contributed by atoms with Gasteiger partial charge in [0, 0.05) is 8.95 Å². The molecule has 0 saturated carbocycles. The molecule has 0 bridgehead atoms. The predicted molar refractivity (Wildman–Crippen MR) is 86.1 cm³/mol. The van der Waals surface area contributed by atoms with E-state index in [-0.39, 0.29) is 16.1 Å². The van der Waals surface area contributed by atoms with Gasteiger partial charge in [-0.15, -0.1) is 0 Å². The fourth-order valence-electron chi connectivity index (χ4n) is 1.66. The Bertz CT molecular complexity index is 806. The zero-order valence-electron chi connectivity index (χ0n) is 10.4. The van der Waals surface area contributed by atoms with Crippen LogP contribution in [-0.4, -0.2) is 19.5 Å². The molecule has 0 spiro atoms. The van der Waals surface area contributed by atoms with E-state index in [2.05, 4.69) is 36.6 Å². The van der Waals surface area contributed by atoms with Crippen molar-refractivity contribution in [1.29, 1.82) is 0 Å². The molecule has 0 radical (unpaired) electrons. The second kappa shape index (κ2) is 6.17. The third-order valence-electron chi connectivity index (χ3n) is 2.61. The van der Waals surface area contributed by atoms with Gasteiger partial charge in [-0.25, -0.2) is 13.2 Å². The van der Waals surface area contributed by atoms with Crippen molar-refractivity contribution in [2.45, 2.75) is 4.90 Å². The molecular weight excluding hydrogens is 426 g/mol. The van der Waals surface area contributed by atoms with Crippen LogP contribution in [-0.2, 0) is 10.0 Å².